The Labute approximate surface area is 239 Å². The molecule has 1 aliphatic rings. The molecule has 3 rings (SSSR count). The van der Waals surface area contributed by atoms with Crippen LogP contribution in [0.25, 0.3) is 0 Å². The van der Waals surface area contributed by atoms with E-state index >= 15 is 0 Å². The average Bonchev–Trinajstić information content (AvgIpc) is 2.91. The van der Waals surface area contributed by atoms with Crippen LogP contribution in [0.3, 0.4) is 0 Å². The number of carbonyl (C=O) groups excluding carboxylic acids is 1. The molecule has 2 N–H and O–H groups in total. The van der Waals surface area contributed by atoms with Gasteiger partial charge in [-0.25, -0.2) is 26.4 Å². The van der Waals surface area contributed by atoms with Gasteiger partial charge in [-0.1, -0.05) is 18.2 Å². The Morgan fingerprint density at radius 3 is 2.15 bits per heavy atom. The van der Waals surface area contributed by atoms with Crippen LogP contribution in [0.15, 0.2) is 63.2 Å². The van der Waals surface area contributed by atoms with Crippen LogP contribution in [-0.2, 0) is 26.0 Å². The highest BCUT2D eigenvalue weighted by Crippen LogP contribution is 2.36. The van der Waals surface area contributed by atoms with E-state index in [2.05, 4.69) is 10.0 Å². The number of carbonyl (C=O) groups is 1. The second-order valence-corrected chi connectivity index (χ2v) is 12.7. The van der Waals surface area contributed by atoms with Crippen LogP contribution in [0.4, 0.5) is 18.0 Å². The molecule has 224 valence electrons. The van der Waals surface area contributed by atoms with Crippen LogP contribution in [0.1, 0.15) is 32.3 Å². The molecule has 0 atom stereocenters. The number of likely N-dealkylation sites (N-methyl/N-ethyl adjacent to an activating group) is 1. The number of hydrogen-bond acceptors (Lipinski definition) is 6. The van der Waals surface area contributed by atoms with Crippen LogP contribution in [0.5, 0.6) is 0 Å². The van der Waals surface area contributed by atoms with Gasteiger partial charge in [-0.3, -0.25) is 0 Å². The average molecular weight is 627 g/mol. The number of nitrogens with one attached hydrogen (secondary N) is 2. The first-order valence-electron chi connectivity index (χ1n) is 12.6. The van der Waals surface area contributed by atoms with Gasteiger partial charge in [0.15, 0.2) is 0 Å². The second kappa shape index (κ2) is 14.0. The lowest BCUT2D eigenvalue weighted by Gasteiger charge is -2.37. The van der Waals surface area contributed by atoms with E-state index in [0.29, 0.717) is 18.7 Å². The van der Waals surface area contributed by atoms with Crippen molar-refractivity contribution in [2.45, 2.75) is 53.6 Å². The molecule has 1 fully saturated rings. The van der Waals surface area contributed by atoms with E-state index in [9.17, 15) is 34.8 Å². The van der Waals surface area contributed by atoms with Gasteiger partial charge in [0, 0.05) is 32.2 Å². The summed E-state index contributed by atoms with van der Waals surface area (Å²) in [5.74, 6) is 0. The molecular weight excluding hydrogens is 593 g/mol. The first kappa shape index (κ1) is 33.8. The number of piperidine rings is 1. The van der Waals surface area contributed by atoms with Crippen LogP contribution in [-0.4, -0.2) is 78.0 Å². The minimum atomic E-state index is -5.05. The van der Waals surface area contributed by atoms with E-state index in [1.807, 2.05) is 6.92 Å². The first-order chi connectivity index (χ1) is 18.3. The third-order valence-corrected chi connectivity index (χ3v) is 9.84. The van der Waals surface area contributed by atoms with Crippen molar-refractivity contribution in [1.29, 1.82) is 0 Å². The number of amides is 2. The summed E-state index contributed by atoms with van der Waals surface area (Å²) < 4.78 is 95.4. The molecule has 0 bridgehead atoms. The van der Waals surface area contributed by atoms with Crippen molar-refractivity contribution in [3.05, 3.63) is 54.1 Å². The van der Waals surface area contributed by atoms with E-state index in [1.165, 1.54) is 29.2 Å². The van der Waals surface area contributed by atoms with Crippen molar-refractivity contribution in [3.63, 3.8) is 0 Å². The number of nitrogens with zero attached hydrogens (tertiary/aromatic N) is 2. The first-order valence-corrected chi connectivity index (χ1v) is 15.6. The van der Waals surface area contributed by atoms with Crippen LogP contribution in [0.2, 0.25) is 0 Å². The Morgan fingerprint density at radius 2 is 1.60 bits per heavy atom. The lowest BCUT2D eigenvalue weighted by atomic mass is 10.1. The fourth-order valence-electron chi connectivity index (χ4n) is 4.49. The number of sulfonamides is 1. The summed E-state index contributed by atoms with van der Waals surface area (Å²) in [7, 11) is -9.09. The third kappa shape index (κ3) is 7.87. The summed E-state index contributed by atoms with van der Waals surface area (Å²) in [4.78, 5) is 14.3. The van der Waals surface area contributed by atoms with Gasteiger partial charge in [0.1, 0.15) is 0 Å². The molecule has 9 nitrogen and oxygen atoms in total. The van der Waals surface area contributed by atoms with Crippen molar-refractivity contribution >= 4 is 38.3 Å². The second-order valence-electron chi connectivity index (χ2n) is 9.00. The molecule has 0 aliphatic carbocycles. The van der Waals surface area contributed by atoms with Gasteiger partial charge in [-0.15, -0.1) is 12.4 Å². The largest absolute Gasteiger partial charge is 0.417 e. The smallest absolute Gasteiger partial charge is 0.324 e. The number of halogens is 4. The van der Waals surface area contributed by atoms with Gasteiger partial charge in [0.2, 0.25) is 19.9 Å². The van der Waals surface area contributed by atoms with Crippen molar-refractivity contribution in [1.82, 2.24) is 19.8 Å². The maximum absolute atomic E-state index is 13.7. The fourth-order valence-corrected chi connectivity index (χ4v) is 7.15. The molecule has 40 heavy (non-hydrogen) atoms. The van der Waals surface area contributed by atoms with Crippen LogP contribution in [0, 0.1) is 0 Å². The molecule has 0 unspecified atom stereocenters. The highest BCUT2D eigenvalue weighted by Gasteiger charge is 2.38. The number of benzene rings is 2. The summed E-state index contributed by atoms with van der Waals surface area (Å²) in [5.41, 5.74) is -1.49. The third-order valence-electron chi connectivity index (χ3n) is 6.57. The molecule has 1 saturated heterocycles. The fraction of sp³-hybridized carbons (Fsp3) is 0.480. The van der Waals surface area contributed by atoms with Gasteiger partial charge in [0.05, 0.1) is 20.2 Å². The van der Waals surface area contributed by atoms with Crippen molar-refractivity contribution < 1.29 is 34.8 Å². The summed E-state index contributed by atoms with van der Waals surface area (Å²) in [6.45, 7) is 5.41. The van der Waals surface area contributed by atoms with Crippen LogP contribution < -0.4 is 10.0 Å². The standard InChI is InChI=1S/C25H33F3N4O5S2.ClH/c1-3-31(24(33)32(4-2)19-12-14-29-15-13-19)17-16-30-39(36,37)23-18-21(10-11-22(23)25(26,27)28)38(34,35)20-8-6-5-7-9-20;/h5-11,18-19,29-30H,3-4,12-17H2,1-2H3;1H. The number of alkyl halides is 3. The Kier molecular flexibility index (Phi) is 11.8. The van der Waals surface area contributed by atoms with E-state index in [-0.39, 0.29) is 49.0 Å². The molecular formula is C25H34ClF3N4O5S2. The summed E-state index contributed by atoms with van der Waals surface area (Å²) in [5, 5.41) is 3.23. The topological polar surface area (TPSA) is 116 Å². The monoisotopic (exact) mass is 626 g/mol. The SMILES string of the molecule is CCN(CCNS(=O)(=O)c1cc(S(=O)(=O)c2ccccc2)ccc1C(F)(F)F)C(=O)N(CC)C1CCNCC1.Cl. The number of hydrogen-bond donors (Lipinski definition) is 2. The molecule has 0 spiro atoms. The van der Waals surface area contributed by atoms with Crippen molar-refractivity contribution in [3.8, 4) is 0 Å². The van der Waals surface area contributed by atoms with Gasteiger partial charge in [0.25, 0.3) is 0 Å². The van der Waals surface area contributed by atoms with E-state index < -0.39 is 41.4 Å². The van der Waals surface area contributed by atoms with Crippen molar-refractivity contribution in [2.24, 2.45) is 0 Å². The Balaban J connectivity index is 0.00000560. The predicted molar refractivity (Wildman–Crippen MR) is 147 cm³/mol. The lowest BCUT2D eigenvalue weighted by molar-refractivity contribution is -0.139. The summed E-state index contributed by atoms with van der Waals surface area (Å²) in [6, 6.07) is 8.46. The minimum Gasteiger partial charge on any atom is -0.324 e. The van der Waals surface area contributed by atoms with E-state index in [4.69, 9.17) is 0 Å². The van der Waals surface area contributed by atoms with Gasteiger partial charge in [-0.2, -0.15) is 13.2 Å². The zero-order valence-electron chi connectivity index (χ0n) is 22.1. The minimum absolute atomic E-state index is 0. The number of sulfone groups is 1. The molecule has 2 aromatic carbocycles. The molecule has 2 aromatic rings. The van der Waals surface area contributed by atoms with Gasteiger partial charge >= 0.3 is 12.2 Å². The molecule has 15 heteroatoms. The van der Waals surface area contributed by atoms with Crippen LogP contribution >= 0.6 is 12.4 Å². The Morgan fingerprint density at radius 1 is 0.975 bits per heavy atom. The highest BCUT2D eigenvalue weighted by molar-refractivity contribution is 7.91. The number of urea groups is 1. The zero-order chi connectivity index (χ0) is 28.8. The predicted octanol–water partition coefficient (Wildman–Crippen LogP) is 3.75. The zero-order valence-corrected chi connectivity index (χ0v) is 24.6. The summed E-state index contributed by atoms with van der Waals surface area (Å²) in [6.07, 6.45) is -3.49. The molecule has 0 saturated carbocycles. The molecule has 0 aromatic heterocycles. The van der Waals surface area contributed by atoms with E-state index in [1.54, 1.807) is 17.9 Å². The molecule has 1 aliphatic heterocycles. The maximum Gasteiger partial charge on any atom is 0.417 e. The number of rotatable bonds is 10. The summed E-state index contributed by atoms with van der Waals surface area (Å²) >= 11 is 0. The van der Waals surface area contributed by atoms with Crippen molar-refractivity contribution in [2.75, 3.05) is 39.3 Å². The van der Waals surface area contributed by atoms with E-state index in [0.717, 1.165) is 32.0 Å². The Bertz CT molecular complexity index is 1350. The quantitative estimate of drug-likeness (QED) is 0.415. The van der Waals surface area contributed by atoms with Gasteiger partial charge < -0.3 is 15.1 Å². The normalized spacial score (nSPS) is 14.8. The molecule has 2 amide bonds. The maximum atomic E-state index is 13.7. The molecule has 1 heterocycles. The van der Waals surface area contributed by atoms with Gasteiger partial charge in [-0.05, 0) is 70.1 Å². The molecule has 0 radical (unpaired) electrons. The lowest BCUT2D eigenvalue weighted by Crippen LogP contribution is -2.52. The highest BCUT2D eigenvalue weighted by atomic mass is 35.5. The Hall–Kier alpha value is -2.39.